The molecule has 2 aromatic rings. The molecule has 5 heteroatoms. The van der Waals surface area contributed by atoms with Gasteiger partial charge in [0.2, 0.25) is 0 Å². The molecule has 0 bridgehead atoms. The third kappa shape index (κ3) is 2.76. The van der Waals surface area contributed by atoms with Crippen LogP contribution in [-0.2, 0) is 7.05 Å². The van der Waals surface area contributed by atoms with Gasteiger partial charge in [0, 0.05) is 25.0 Å². The number of nitrogens with two attached hydrogens (primary N) is 1. The van der Waals surface area contributed by atoms with E-state index in [1.807, 2.05) is 45.2 Å². The maximum atomic E-state index is 12.2. The number of nitrogens with zero attached hydrogens (tertiary/aromatic N) is 2. The normalized spacial score (nSPS) is 12.9. The van der Waals surface area contributed by atoms with Gasteiger partial charge in [-0.1, -0.05) is 32.0 Å². The highest BCUT2D eigenvalue weighted by atomic mass is 16.1. The second-order valence-corrected chi connectivity index (χ2v) is 5.11. The van der Waals surface area contributed by atoms with Gasteiger partial charge >= 0.3 is 0 Å². The average molecular weight is 260 g/mol. The second-order valence-electron chi connectivity index (χ2n) is 5.11. The van der Waals surface area contributed by atoms with Crippen molar-refractivity contribution in [3.63, 3.8) is 0 Å². The SMILES string of the molecule is CC(C)C(N)CNC(=O)c1nn(C)c2ccccc12. The molecule has 102 valence electrons. The monoisotopic (exact) mass is 260 g/mol. The summed E-state index contributed by atoms with van der Waals surface area (Å²) in [5.74, 6) is 0.161. The summed E-state index contributed by atoms with van der Waals surface area (Å²) >= 11 is 0. The number of aryl methyl sites for hydroxylation is 1. The zero-order chi connectivity index (χ0) is 14.0. The van der Waals surface area contributed by atoms with Gasteiger partial charge in [-0.05, 0) is 12.0 Å². The first kappa shape index (κ1) is 13.5. The molecule has 19 heavy (non-hydrogen) atoms. The van der Waals surface area contributed by atoms with Crippen molar-refractivity contribution in [2.24, 2.45) is 18.7 Å². The highest BCUT2D eigenvalue weighted by Crippen LogP contribution is 2.17. The Morgan fingerprint density at radius 2 is 2.11 bits per heavy atom. The molecule has 0 spiro atoms. The third-order valence-corrected chi connectivity index (χ3v) is 3.33. The Balaban J connectivity index is 2.18. The van der Waals surface area contributed by atoms with E-state index in [-0.39, 0.29) is 11.9 Å². The molecule has 0 saturated carbocycles. The summed E-state index contributed by atoms with van der Waals surface area (Å²) in [7, 11) is 1.83. The summed E-state index contributed by atoms with van der Waals surface area (Å²) in [6, 6.07) is 7.64. The van der Waals surface area contributed by atoms with Crippen LogP contribution in [0, 0.1) is 5.92 Å². The number of carbonyl (C=O) groups is 1. The minimum Gasteiger partial charge on any atom is -0.349 e. The molecule has 1 heterocycles. The van der Waals surface area contributed by atoms with Crippen LogP contribution in [0.15, 0.2) is 24.3 Å². The van der Waals surface area contributed by atoms with E-state index in [4.69, 9.17) is 5.73 Å². The molecule has 1 amide bonds. The lowest BCUT2D eigenvalue weighted by Crippen LogP contribution is -2.40. The maximum Gasteiger partial charge on any atom is 0.272 e. The molecule has 5 nitrogen and oxygen atoms in total. The Kier molecular flexibility index (Phi) is 3.85. The van der Waals surface area contributed by atoms with E-state index in [1.165, 1.54) is 0 Å². The summed E-state index contributed by atoms with van der Waals surface area (Å²) in [4.78, 5) is 12.2. The van der Waals surface area contributed by atoms with Crippen LogP contribution in [0.3, 0.4) is 0 Å². The first-order valence-corrected chi connectivity index (χ1v) is 6.46. The van der Waals surface area contributed by atoms with Gasteiger partial charge < -0.3 is 11.1 Å². The smallest absolute Gasteiger partial charge is 0.272 e. The second kappa shape index (κ2) is 5.40. The van der Waals surface area contributed by atoms with Crippen LogP contribution in [0.25, 0.3) is 10.9 Å². The van der Waals surface area contributed by atoms with E-state index in [0.29, 0.717) is 18.2 Å². The number of nitrogens with one attached hydrogen (secondary N) is 1. The van der Waals surface area contributed by atoms with Gasteiger partial charge in [-0.25, -0.2) is 0 Å². The molecule has 0 aliphatic rings. The quantitative estimate of drug-likeness (QED) is 0.870. The molecular formula is C14H20N4O. The number of benzene rings is 1. The van der Waals surface area contributed by atoms with Crippen LogP contribution in [-0.4, -0.2) is 28.3 Å². The fourth-order valence-electron chi connectivity index (χ4n) is 1.91. The number of carbonyl (C=O) groups excluding carboxylic acids is 1. The lowest BCUT2D eigenvalue weighted by molar-refractivity contribution is 0.0945. The van der Waals surface area contributed by atoms with Gasteiger partial charge in [0.25, 0.3) is 5.91 Å². The molecule has 1 atom stereocenters. The van der Waals surface area contributed by atoms with Crippen LogP contribution in [0.2, 0.25) is 0 Å². The van der Waals surface area contributed by atoms with Gasteiger partial charge in [0.15, 0.2) is 5.69 Å². The molecular weight excluding hydrogens is 240 g/mol. The zero-order valence-corrected chi connectivity index (χ0v) is 11.6. The highest BCUT2D eigenvalue weighted by Gasteiger charge is 2.16. The van der Waals surface area contributed by atoms with Crippen molar-refractivity contribution in [1.29, 1.82) is 0 Å². The van der Waals surface area contributed by atoms with Crippen molar-refractivity contribution < 1.29 is 4.79 Å². The highest BCUT2D eigenvalue weighted by molar-refractivity contribution is 6.04. The molecule has 0 radical (unpaired) electrons. The van der Waals surface area contributed by atoms with Crippen molar-refractivity contribution in [2.75, 3.05) is 6.54 Å². The molecule has 1 unspecified atom stereocenters. The summed E-state index contributed by atoms with van der Waals surface area (Å²) in [6.07, 6.45) is 0. The molecule has 3 N–H and O–H groups in total. The lowest BCUT2D eigenvalue weighted by Gasteiger charge is -2.15. The van der Waals surface area contributed by atoms with Crippen LogP contribution < -0.4 is 11.1 Å². The van der Waals surface area contributed by atoms with Crippen LogP contribution in [0.1, 0.15) is 24.3 Å². The topological polar surface area (TPSA) is 72.9 Å². The predicted molar refractivity (Wildman–Crippen MR) is 75.9 cm³/mol. The first-order valence-electron chi connectivity index (χ1n) is 6.46. The van der Waals surface area contributed by atoms with E-state index in [2.05, 4.69) is 10.4 Å². The summed E-state index contributed by atoms with van der Waals surface area (Å²) in [6.45, 7) is 4.53. The third-order valence-electron chi connectivity index (χ3n) is 3.33. The number of amides is 1. The fraction of sp³-hybridized carbons (Fsp3) is 0.429. The number of para-hydroxylation sites is 1. The van der Waals surface area contributed by atoms with E-state index >= 15 is 0 Å². The van der Waals surface area contributed by atoms with Gasteiger partial charge in [-0.15, -0.1) is 0 Å². The molecule has 1 aromatic heterocycles. The van der Waals surface area contributed by atoms with Crippen molar-refractivity contribution >= 4 is 16.8 Å². The van der Waals surface area contributed by atoms with Gasteiger partial charge in [0.05, 0.1) is 5.52 Å². The van der Waals surface area contributed by atoms with E-state index in [9.17, 15) is 4.79 Å². The molecule has 0 aliphatic heterocycles. The van der Waals surface area contributed by atoms with Crippen molar-refractivity contribution in [1.82, 2.24) is 15.1 Å². The zero-order valence-electron chi connectivity index (χ0n) is 11.6. The summed E-state index contributed by atoms with van der Waals surface area (Å²) in [5.41, 5.74) is 7.32. The number of fused-ring (bicyclic) bond motifs is 1. The molecule has 0 aliphatic carbocycles. The molecule has 2 rings (SSSR count). The van der Waals surface area contributed by atoms with Crippen LogP contribution in [0.4, 0.5) is 0 Å². The summed E-state index contributed by atoms with van der Waals surface area (Å²) < 4.78 is 1.71. The van der Waals surface area contributed by atoms with Gasteiger partial charge in [0.1, 0.15) is 0 Å². The number of hydrogen-bond acceptors (Lipinski definition) is 3. The molecule has 0 fully saturated rings. The fourth-order valence-corrected chi connectivity index (χ4v) is 1.91. The van der Waals surface area contributed by atoms with Crippen LogP contribution >= 0.6 is 0 Å². The van der Waals surface area contributed by atoms with E-state index in [1.54, 1.807) is 4.68 Å². The van der Waals surface area contributed by atoms with E-state index in [0.717, 1.165) is 10.9 Å². The predicted octanol–water partition coefficient (Wildman–Crippen LogP) is 1.29. The lowest BCUT2D eigenvalue weighted by atomic mass is 10.1. The Bertz CT molecular complexity index is 588. The number of rotatable bonds is 4. The van der Waals surface area contributed by atoms with E-state index < -0.39 is 0 Å². The molecule has 1 aromatic carbocycles. The average Bonchev–Trinajstić information content (AvgIpc) is 2.73. The Morgan fingerprint density at radius 3 is 2.79 bits per heavy atom. The first-order chi connectivity index (χ1) is 9.00. The maximum absolute atomic E-state index is 12.2. The van der Waals surface area contributed by atoms with Gasteiger partial charge in [-0.2, -0.15) is 5.10 Å². The van der Waals surface area contributed by atoms with Crippen molar-refractivity contribution in [2.45, 2.75) is 19.9 Å². The van der Waals surface area contributed by atoms with Gasteiger partial charge in [-0.3, -0.25) is 9.48 Å². The summed E-state index contributed by atoms with van der Waals surface area (Å²) in [5, 5.41) is 7.98. The minimum atomic E-state index is -0.173. The van der Waals surface area contributed by atoms with Crippen LogP contribution in [0.5, 0.6) is 0 Å². The Labute approximate surface area is 112 Å². The number of aromatic nitrogens is 2. The Morgan fingerprint density at radius 1 is 1.42 bits per heavy atom. The standard InChI is InChI=1S/C14H20N4O/c1-9(2)11(15)8-16-14(19)13-10-6-4-5-7-12(10)18(3)17-13/h4-7,9,11H,8,15H2,1-3H3,(H,16,19). The Hall–Kier alpha value is -1.88. The minimum absolute atomic E-state index is 0.0427. The number of hydrogen-bond donors (Lipinski definition) is 2. The largest absolute Gasteiger partial charge is 0.349 e. The van der Waals surface area contributed by atoms with Crippen molar-refractivity contribution in [3.05, 3.63) is 30.0 Å². The van der Waals surface area contributed by atoms with Crippen molar-refractivity contribution in [3.8, 4) is 0 Å². The molecule has 0 saturated heterocycles.